The second-order valence-corrected chi connectivity index (χ2v) is 6.43. The molecule has 0 aromatic heterocycles. The van der Waals surface area contributed by atoms with Crippen molar-refractivity contribution in [1.29, 1.82) is 0 Å². The lowest BCUT2D eigenvalue weighted by Crippen LogP contribution is -2.32. The third-order valence-electron chi connectivity index (χ3n) is 2.35. The standard InChI is InChI=1S/C12H19NO2S/c1-11(13-8-9-16(2,14)15)10-12-6-4-3-5-7-12/h3-7,11,13H,8-10H2,1-2H3. The maximum Gasteiger partial charge on any atom is 0.148 e. The Labute approximate surface area is 97.8 Å². The second-order valence-electron chi connectivity index (χ2n) is 4.17. The van der Waals surface area contributed by atoms with Crippen molar-refractivity contribution in [3.63, 3.8) is 0 Å². The van der Waals surface area contributed by atoms with Crippen molar-refractivity contribution >= 4 is 9.84 Å². The first-order valence-corrected chi connectivity index (χ1v) is 7.48. The van der Waals surface area contributed by atoms with Gasteiger partial charge in [0.25, 0.3) is 0 Å². The summed E-state index contributed by atoms with van der Waals surface area (Å²) in [6.07, 6.45) is 2.18. The van der Waals surface area contributed by atoms with Gasteiger partial charge in [0.2, 0.25) is 0 Å². The first kappa shape index (κ1) is 13.2. The summed E-state index contributed by atoms with van der Waals surface area (Å²) in [4.78, 5) is 0. The first-order chi connectivity index (χ1) is 7.47. The highest BCUT2D eigenvalue weighted by Crippen LogP contribution is 2.02. The number of hydrogen-bond acceptors (Lipinski definition) is 3. The Hall–Kier alpha value is -0.870. The fourth-order valence-electron chi connectivity index (χ4n) is 1.53. The highest BCUT2D eigenvalue weighted by Gasteiger charge is 2.05. The summed E-state index contributed by atoms with van der Waals surface area (Å²) in [5.74, 6) is 0.201. The lowest BCUT2D eigenvalue weighted by atomic mass is 10.1. The lowest BCUT2D eigenvalue weighted by Gasteiger charge is -2.13. The number of sulfone groups is 1. The van der Waals surface area contributed by atoms with Crippen LogP contribution < -0.4 is 5.32 Å². The van der Waals surface area contributed by atoms with Gasteiger partial charge in [0, 0.05) is 18.8 Å². The van der Waals surface area contributed by atoms with E-state index in [0.29, 0.717) is 12.6 Å². The van der Waals surface area contributed by atoms with Gasteiger partial charge in [0.15, 0.2) is 0 Å². The van der Waals surface area contributed by atoms with Crippen molar-refractivity contribution in [3.8, 4) is 0 Å². The Balaban J connectivity index is 2.29. The van der Waals surface area contributed by atoms with Crippen molar-refractivity contribution in [2.24, 2.45) is 0 Å². The predicted octanol–water partition coefficient (Wildman–Crippen LogP) is 1.25. The molecule has 0 radical (unpaired) electrons. The molecule has 0 aliphatic rings. The molecule has 1 N–H and O–H groups in total. The molecule has 1 atom stereocenters. The Morgan fingerprint density at radius 3 is 2.44 bits per heavy atom. The molecule has 0 heterocycles. The van der Waals surface area contributed by atoms with Crippen molar-refractivity contribution in [1.82, 2.24) is 5.32 Å². The van der Waals surface area contributed by atoms with Gasteiger partial charge in [-0.25, -0.2) is 8.42 Å². The molecule has 0 saturated heterocycles. The zero-order chi connectivity index (χ0) is 12.0. The molecular formula is C12H19NO2S. The van der Waals surface area contributed by atoms with Gasteiger partial charge in [-0.3, -0.25) is 0 Å². The number of hydrogen-bond donors (Lipinski definition) is 1. The highest BCUT2D eigenvalue weighted by molar-refractivity contribution is 7.90. The van der Waals surface area contributed by atoms with Crippen LogP contribution in [0.5, 0.6) is 0 Å². The van der Waals surface area contributed by atoms with Gasteiger partial charge < -0.3 is 5.32 Å². The van der Waals surface area contributed by atoms with Crippen molar-refractivity contribution < 1.29 is 8.42 Å². The minimum absolute atomic E-state index is 0.201. The molecule has 0 bridgehead atoms. The third-order valence-corrected chi connectivity index (χ3v) is 3.30. The van der Waals surface area contributed by atoms with Gasteiger partial charge in [0.05, 0.1) is 5.75 Å². The van der Waals surface area contributed by atoms with Crippen LogP contribution in [0.15, 0.2) is 30.3 Å². The molecular weight excluding hydrogens is 222 g/mol. The van der Waals surface area contributed by atoms with E-state index in [1.807, 2.05) is 18.2 Å². The molecule has 0 spiro atoms. The van der Waals surface area contributed by atoms with Gasteiger partial charge in [-0.1, -0.05) is 30.3 Å². The van der Waals surface area contributed by atoms with E-state index in [0.717, 1.165) is 6.42 Å². The van der Waals surface area contributed by atoms with E-state index >= 15 is 0 Å². The van der Waals surface area contributed by atoms with E-state index in [2.05, 4.69) is 24.4 Å². The van der Waals surface area contributed by atoms with Crippen LogP contribution >= 0.6 is 0 Å². The van der Waals surface area contributed by atoms with Crippen LogP contribution in [-0.4, -0.2) is 33.0 Å². The molecule has 1 aromatic rings. The average molecular weight is 241 g/mol. The number of rotatable bonds is 6. The Bertz CT molecular complexity index is 400. The topological polar surface area (TPSA) is 46.2 Å². The molecule has 1 rings (SSSR count). The van der Waals surface area contributed by atoms with Crippen LogP contribution in [0.25, 0.3) is 0 Å². The van der Waals surface area contributed by atoms with E-state index in [-0.39, 0.29) is 5.75 Å². The molecule has 90 valence electrons. The predicted molar refractivity (Wildman–Crippen MR) is 67.3 cm³/mol. The molecule has 0 saturated carbocycles. The van der Waals surface area contributed by atoms with Gasteiger partial charge in [-0.05, 0) is 18.9 Å². The average Bonchev–Trinajstić information content (AvgIpc) is 2.17. The minimum atomic E-state index is -2.86. The Morgan fingerprint density at radius 1 is 1.25 bits per heavy atom. The van der Waals surface area contributed by atoms with E-state index in [9.17, 15) is 8.42 Å². The fraction of sp³-hybridized carbons (Fsp3) is 0.500. The molecule has 4 heteroatoms. The van der Waals surface area contributed by atoms with Crippen molar-refractivity contribution in [2.75, 3.05) is 18.6 Å². The van der Waals surface area contributed by atoms with Crippen LogP contribution in [-0.2, 0) is 16.3 Å². The van der Waals surface area contributed by atoms with Crippen LogP contribution in [0.2, 0.25) is 0 Å². The number of benzene rings is 1. The maximum atomic E-state index is 10.9. The van der Waals surface area contributed by atoms with E-state index in [4.69, 9.17) is 0 Å². The highest BCUT2D eigenvalue weighted by atomic mass is 32.2. The summed E-state index contributed by atoms with van der Waals surface area (Å²) >= 11 is 0. The van der Waals surface area contributed by atoms with E-state index < -0.39 is 9.84 Å². The minimum Gasteiger partial charge on any atom is -0.313 e. The summed E-state index contributed by atoms with van der Waals surface area (Å²) in [5, 5.41) is 3.21. The zero-order valence-corrected chi connectivity index (χ0v) is 10.6. The SMILES string of the molecule is CC(Cc1ccccc1)NCCS(C)(=O)=O. The Morgan fingerprint density at radius 2 is 1.88 bits per heavy atom. The molecule has 1 unspecified atom stereocenters. The summed E-state index contributed by atoms with van der Waals surface area (Å²) in [6, 6.07) is 10.5. The molecule has 16 heavy (non-hydrogen) atoms. The molecule has 1 aromatic carbocycles. The van der Waals surface area contributed by atoms with Gasteiger partial charge >= 0.3 is 0 Å². The lowest BCUT2D eigenvalue weighted by molar-refractivity contribution is 0.556. The number of nitrogens with one attached hydrogen (secondary N) is 1. The molecule has 0 aliphatic heterocycles. The van der Waals surface area contributed by atoms with Crippen LogP contribution in [0.3, 0.4) is 0 Å². The van der Waals surface area contributed by atoms with E-state index in [1.54, 1.807) is 0 Å². The maximum absolute atomic E-state index is 10.9. The van der Waals surface area contributed by atoms with Gasteiger partial charge in [0.1, 0.15) is 9.84 Å². The summed E-state index contributed by atoms with van der Waals surface area (Å²) in [7, 11) is -2.86. The summed E-state index contributed by atoms with van der Waals surface area (Å²) < 4.78 is 21.9. The van der Waals surface area contributed by atoms with Gasteiger partial charge in [-0.2, -0.15) is 0 Å². The zero-order valence-electron chi connectivity index (χ0n) is 9.81. The van der Waals surface area contributed by atoms with Crippen molar-refractivity contribution in [3.05, 3.63) is 35.9 Å². The van der Waals surface area contributed by atoms with E-state index in [1.165, 1.54) is 11.8 Å². The normalized spacial score (nSPS) is 13.6. The summed E-state index contributed by atoms with van der Waals surface area (Å²) in [6.45, 7) is 2.59. The largest absolute Gasteiger partial charge is 0.313 e. The molecule has 0 fully saturated rings. The third kappa shape index (κ3) is 5.88. The molecule has 0 aliphatic carbocycles. The summed E-state index contributed by atoms with van der Waals surface area (Å²) in [5.41, 5.74) is 1.27. The molecule has 0 amide bonds. The quantitative estimate of drug-likeness (QED) is 0.815. The smallest absolute Gasteiger partial charge is 0.148 e. The Kier molecular flexibility index (Phi) is 4.96. The van der Waals surface area contributed by atoms with Crippen LogP contribution in [0.1, 0.15) is 12.5 Å². The van der Waals surface area contributed by atoms with Crippen LogP contribution in [0.4, 0.5) is 0 Å². The van der Waals surface area contributed by atoms with Crippen LogP contribution in [0, 0.1) is 0 Å². The monoisotopic (exact) mass is 241 g/mol. The molecule has 3 nitrogen and oxygen atoms in total. The fourth-order valence-corrected chi connectivity index (χ4v) is 2.02. The van der Waals surface area contributed by atoms with Crippen molar-refractivity contribution in [2.45, 2.75) is 19.4 Å². The van der Waals surface area contributed by atoms with Gasteiger partial charge in [-0.15, -0.1) is 0 Å². The first-order valence-electron chi connectivity index (χ1n) is 5.42. The second kappa shape index (κ2) is 6.01.